The maximum atomic E-state index is 12.9. The van der Waals surface area contributed by atoms with E-state index in [-0.39, 0.29) is 12.1 Å². The largest absolute Gasteiger partial charge is 0.387 e. The maximum Gasteiger partial charge on any atom is 0.276 e. The van der Waals surface area contributed by atoms with Gasteiger partial charge in [0.2, 0.25) is 0 Å². The summed E-state index contributed by atoms with van der Waals surface area (Å²) in [6, 6.07) is 18.5. The molecule has 0 fully saturated rings. The first-order chi connectivity index (χ1) is 13.6. The summed E-state index contributed by atoms with van der Waals surface area (Å²) >= 11 is 0. The van der Waals surface area contributed by atoms with Crippen molar-refractivity contribution in [2.45, 2.75) is 19.6 Å². The van der Waals surface area contributed by atoms with E-state index in [1.54, 1.807) is 47.2 Å². The Morgan fingerprint density at radius 1 is 1.14 bits per heavy atom. The quantitative estimate of drug-likeness (QED) is 0.598. The average Bonchev–Trinajstić information content (AvgIpc) is 3.15. The smallest absolute Gasteiger partial charge is 0.276 e. The van der Waals surface area contributed by atoms with Crippen LogP contribution >= 0.6 is 0 Å². The highest BCUT2D eigenvalue weighted by molar-refractivity contribution is 5.68. The summed E-state index contributed by atoms with van der Waals surface area (Å²) in [6.07, 6.45) is 2.42. The standard InChI is InChI=1S/C22H18N4O2/c1-15-5-2-3-8-18(15)19-12-20-22(28)25(9-10-26(20)24-19)14-21(27)17-7-4-6-16(11-17)13-23/h2-12,21,27H,14H2,1H3. The monoisotopic (exact) mass is 370 g/mol. The molecule has 1 N–H and O–H groups in total. The van der Waals surface area contributed by atoms with Crippen LogP contribution in [0.15, 0.2) is 71.8 Å². The minimum Gasteiger partial charge on any atom is -0.387 e. The first-order valence-electron chi connectivity index (χ1n) is 8.90. The number of hydrogen-bond acceptors (Lipinski definition) is 4. The number of nitrogens with zero attached hydrogens (tertiary/aromatic N) is 4. The molecule has 1 atom stereocenters. The highest BCUT2D eigenvalue weighted by atomic mass is 16.3. The van der Waals surface area contributed by atoms with Crippen molar-refractivity contribution in [1.82, 2.24) is 14.2 Å². The van der Waals surface area contributed by atoms with Gasteiger partial charge in [-0.25, -0.2) is 4.52 Å². The van der Waals surface area contributed by atoms with Crippen LogP contribution in [0, 0.1) is 18.3 Å². The van der Waals surface area contributed by atoms with E-state index in [1.165, 1.54) is 4.57 Å². The highest BCUT2D eigenvalue weighted by Crippen LogP contribution is 2.22. The Bertz CT molecular complexity index is 1260. The fourth-order valence-electron chi connectivity index (χ4n) is 3.27. The number of hydrogen-bond donors (Lipinski definition) is 1. The van der Waals surface area contributed by atoms with E-state index in [2.05, 4.69) is 11.2 Å². The van der Waals surface area contributed by atoms with Crippen LogP contribution in [0.25, 0.3) is 16.8 Å². The molecular formula is C22H18N4O2. The van der Waals surface area contributed by atoms with E-state index in [0.717, 1.165) is 16.8 Å². The Morgan fingerprint density at radius 2 is 1.96 bits per heavy atom. The zero-order valence-electron chi connectivity index (χ0n) is 15.3. The summed E-state index contributed by atoms with van der Waals surface area (Å²) in [6.45, 7) is 2.10. The lowest BCUT2D eigenvalue weighted by Gasteiger charge is -2.13. The van der Waals surface area contributed by atoms with Gasteiger partial charge in [-0.3, -0.25) is 4.79 Å². The van der Waals surface area contributed by atoms with Crippen LogP contribution in [0.5, 0.6) is 0 Å². The van der Waals surface area contributed by atoms with E-state index in [4.69, 9.17) is 5.26 Å². The summed E-state index contributed by atoms with van der Waals surface area (Å²) < 4.78 is 3.02. The second-order valence-corrected chi connectivity index (χ2v) is 6.68. The van der Waals surface area contributed by atoms with Crippen LogP contribution in [0.2, 0.25) is 0 Å². The molecule has 1 unspecified atom stereocenters. The van der Waals surface area contributed by atoms with Crippen molar-refractivity contribution in [3.8, 4) is 17.3 Å². The highest BCUT2D eigenvalue weighted by Gasteiger charge is 2.14. The molecule has 0 amide bonds. The molecule has 6 nitrogen and oxygen atoms in total. The number of benzene rings is 2. The molecule has 4 rings (SSSR count). The SMILES string of the molecule is Cc1ccccc1-c1cc2c(=O)n(CC(O)c3cccc(C#N)c3)ccn2n1. The lowest BCUT2D eigenvalue weighted by molar-refractivity contribution is 0.155. The predicted octanol–water partition coefficient (Wildman–Crippen LogP) is 3.08. The third-order valence-corrected chi connectivity index (χ3v) is 4.79. The van der Waals surface area contributed by atoms with Gasteiger partial charge < -0.3 is 9.67 Å². The molecule has 28 heavy (non-hydrogen) atoms. The molecule has 0 bridgehead atoms. The van der Waals surface area contributed by atoms with Gasteiger partial charge in [0, 0.05) is 18.0 Å². The number of aromatic nitrogens is 3. The number of fused-ring (bicyclic) bond motifs is 1. The third kappa shape index (κ3) is 3.20. The Labute approximate surface area is 161 Å². The molecule has 0 aliphatic rings. The topological polar surface area (TPSA) is 83.3 Å². The van der Waals surface area contributed by atoms with Crippen molar-refractivity contribution in [3.05, 3.63) is 94.0 Å². The van der Waals surface area contributed by atoms with Crippen LogP contribution in [-0.4, -0.2) is 19.3 Å². The molecule has 0 saturated carbocycles. The van der Waals surface area contributed by atoms with Crippen molar-refractivity contribution in [2.24, 2.45) is 0 Å². The van der Waals surface area contributed by atoms with E-state index in [9.17, 15) is 9.90 Å². The van der Waals surface area contributed by atoms with Crippen LogP contribution in [0.4, 0.5) is 0 Å². The van der Waals surface area contributed by atoms with Crippen molar-refractivity contribution in [1.29, 1.82) is 5.26 Å². The number of aliphatic hydroxyl groups excluding tert-OH is 1. The maximum absolute atomic E-state index is 12.9. The fraction of sp³-hybridized carbons (Fsp3) is 0.136. The molecule has 0 saturated heterocycles. The molecule has 0 radical (unpaired) electrons. The van der Waals surface area contributed by atoms with Gasteiger partial charge in [0.15, 0.2) is 0 Å². The van der Waals surface area contributed by atoms with Crippen LogP contribution in [-0.2, 0) is 6.54 Å². The Hall–Kier alpha value is -3.69. The van der Waals surface area contributed by atoms with Gasteiger partial charge >= 0.3 is 0 Å². The van der Waals surface area contributed by atoms with E-state index < -0.39 is 6.10 Å². The normalized spacial score (nSPS) is 12.0. The molecular weight excluding hydrogens is 352 g/mol. The number of aryl methyl sites for hydroxylation is 1. The Kier molecular flexibility index (Phi) is 4.52. The predicted molar refractivity (Wildman–Crippen MR) is 106 cm³/mol. The molecule has 2 aromatic carbocycles. The number of rotatable bonds is 4. The lowest BCUT2D eigenvalue weighted by Crippen LogP contribution is -2.24. The number of nitriles is 1. The zero-order chi connectivity index (χ0) is 19.7. The minimum absolute atomic E-state index is 0.0924. The molecule has 6 heteroatoms. The van der Waals surface area contributed by atoms with Gasteiger partial charge in [0.05, 0.1) is 30.0 Å². The van der Waals surface area contributed by atoms with E-state index in [1.807, 2.05) is 31.2 Å². The van der Waals surface area contributed by atoms with Crippen LogP contribution < -0.4 is 5.56 Å². The summed E-state index contributed by atoms with van der Waals surface area (Å²) in [5.41, 5.74) is 4.07. The fourth-order valence-corrected chi connectivity index (χ4v) is 3.27. The molecule has 0 aliphatic heterocycles. The van der Waals surface area contributed by atoms with Crippen molar-refractivity contribution in [2.75, 3.05) is 0 Å². The molecule has 0 spiro atoms. The summed E-state index contributed by atoms with van der Waals surface area (Å²) in [7, 11) is 0. The molecule has 138 valence electrons. The summed E-state index contributed by atoms with van der Waals surface area (Å²) in [5, 5.41) is 24.0. The van der Waals surface area contributed by atoms with Crippen LogP contribution in [0.3, 0.4) is 0 Å². The molecule has 2 heterocycles. The van der Waals surface area contributed by atoms with Gasteiger partial charge in [0.25, 0.3) is 5.56 Å². The molecule has 0 aliphatic carbocycles. The van der Waals surface area contributed by atoms with Gasteiger partial charge in [-0.1, -0.05) is 36.4 Å². The third-order valence-electron chi connectivity index (χ3n) is 4.79. The van der Waals surface area contributed by atoms with Crippen molar-refractivity contribution in [3.63, 3.8) is 0 Å². The van der Waals surface area contributed by atoms with Crippen molar-refractivity contribution < 1.29 is 5.11 Å². The summed E-state index contributed by atoms with van der Waals surface area (Å²) in [5.74, 6) is 0. The second kappa shape index (κ2) is 7.14. The zero-order valence-corrected chi connectivity index (χ0v) is 15.3. The Balaban J connectivity index is 1.69. The first kappa shape index (κ1) is 17.7. The van der Waals surface area contributed by atoms with Gasteiger partial charge in [-0.2, -0.15) is 10.4 Å². The first-order valence-corrected chi connectivity index (χ1v) is 8.90. The molecule has 2 aromatic heterocycles. The van der Waals surface area contributed by atoms with E-state index in [0.29, 0.717) is 16.6 Å². The van der Waals surface area contributed by atoms with Gasteiger partial charge in [0.1, 0.15) is 5.52 Å². The lowest BCUT2D eigenvalue weighted by atomic mass is 10.1. The molecule has 4 aromatic rings. The Morgan fingerprint density at radius 3 is 2.75 bits per heavy atom. The van der Waals surface area contributed by atoms with Crippen molar-refractivity contribution >= 4 is 5.52 Å². The summed E-state index contributed by atoms with van der Waals surface area (Å²) in [4.78, 5) is 12.9. The van der Waals surface area contributed by atoms with Crippen LogP contribution in [0.1, 0.15) is 22.8 Å². The van der Waals surface area contributed by atoms with Gasteiger partial charge in [-0.15, -0.1) is 0 Å². The minimum atomic E-state index is -0.896. The van der Waals surface area contributed by atoms with Gasteiger partial charge in [-0.05, 0) is 36.2 Å². The average molecular weight is 370 g/mol. The second-order valence-electron chi connectivity index (χ2n) is 6.68. The van der Waals surface area contributed by atoms with E-state index >= 15 is 0 Å². The number of aliphatic hydroxyl groups is 1.